The number of hydrogen-bond acceptors (Lipinski definition) is 2. The Morgan fingerprint density at radius 1 is 1.03 bits per heavy atom. The van der Waals surface area contributed by atoms with Gasteiger partial charge in [0.2, 0.25) is 5.91 Å². The van der Waals surface area contributed by atoms with Gasteiger partial charge in [0.1, 0.15) is 5.75 Å². The second kappa shape index (κ2) is 9.27. The number of para-hydroxylation sites is 2. The molecule has 1 amide bonds. The number of anilines is 1. The molecule has 0 fully saturated rings. The molecule has 31 heavy (non-hydrogen) atoms. The number of aromatic nitrogens is 1. The third kappa shape index (κ3) is 4.59. The number of ether oxygens (including phenoxy) is 1. The number of amides is 1. The van der Waals surface area contributed by atoms with Gasteiger partial charge in [0.15, 0.2) is 0 Å². The van der Waals surface area contributed by atoms with E-state index in [9.17, 15) is 4.79 Å². The molecule has 0 aliphatic carbocycles. The van der Waals surface area contributed by atoms with Gasteiger partial charge in [-0.3, -0.25) is 4.79 Å². The second-order valence-corrected chi connectivity index (χ2v) is 7.94. The van der Waals surface area contributed by atoms with Crippen LogP contribution in [0.2, 0.25) is 5.02 Å². The average Bonchev–Trinajstić information content (AvgIpc) is 3.09. The lowest BCUT2D eigenvalue weighted by Gasteiger charge is -2.20. The van der Waals surface area contributed by atoms with Crippen molar-refractivity contribution in [2.24, 2.45) is 7.05 Å². The van der Waals surface area contributed by atoms with Crippen molar-refractivity contribution in [2.75, 3.05) is 11.9 Å². The Morgan fingerprint density at radius 3 is 2.61 bits per heavy atom. The molecular formula is C26H25ClN2O2. The van der Waals surface area contributed by atoms with Crippen molar-refractivity contribution in [1.82, 2.24) is 4.57 Å². The quantitative estimate of drug-likeness (QED) is 0.367. The summed E-state index contributed by atoms with van der Waals surface area (Å²) in [7, 11) is 2.03. The van der Waals surface area contributed by atoms with E-state index in [4.69, 9.17) is 16.3 Å². The molecule has 0 bridgehead atoms. The van der Waals surface area contributed by atoms with Crippen molar-refractivity contribution in [2.45, 2.75) is 19.3 Å². The summed E-state index contributed by atoms with van der Waals surface area (Å²) < 4.78 is 8.02. The molecule has 0 spiro atoms. The third-order valence-electron chi connectivity index (χ3n) is 5.40. The fourth-order valence-corrected chi connectivity index (χ4v) is 4.25. The van der Waals surface area contributed by atoms with Crippen LogP contribution >= 0.6 is 11.6 Å². The molecule has 4 nitrogen and oxygen atoms in total. The number of nitrogens with one attached hydrogen (secondary N) is 1. The van der Waals surface area contributed by atoms with Gasteiger partial charge in [-0.1, -0.05) is 54.1 Å². The van der Waals surface area contributed by atoms with Crippen molar-refractivity contribution in [3.8, 4) is 5.75 Å². The molecule has 1 aromatic heterocycles. The van der Waals surface area contributed by atoms with Crippen LogP contribution in [0.25, 0.3) is 10.9 Å². The largest absolute Gasteiger partial charge is 0.494 e. The Bertz CT molecular complexity index is 1210. The van der Waals surface area contributed by atoms with Crippen LogP contribution < -0.4 is 10.1 Å². The lowest BCUT2D eigenvalue weighted by Crippen LogP contribution is -2.17. The van der Waals surface area contributed by atoms with E-state index in [1.54, 1.807) is 12.1 Å². The first-order valence-electron chi connectivity index (χ1n) is 10.4. The summed E-state index contributed by atoms with van der Waals surface area (Å²) in [5.74, 6) is 0.568. The van der Waals surface area contributed by atoms with E-state index in [1.807, 2.05) is 62.5 Å². The Morgan fingerprint density at radius 2 is 1.81 bits per heavy atom. The maximum Gasteiger partial charge on any atom is 0.225 e. The summed E-state index contributed by atoms with van der Waals surface area (Å²) in [5, 5.41) is 4.71. The first kappa shape index (κ1) is 21.0. The van der Waals surface area contributed by atoms with Crippen LogP contribution in [0.1, 0.15) is 30.4 Å². The number of carbonyl (C=O) groups excluding carboxylic acids is 1. The van der Waals surface area contributed by atoms with E-state index < -0.39 is 0 Å². The highest BCUT2D eigenvalue weighted by atomic mass is 35.5. The molecule has 0 radical (unpaired) electrons. The van der Waals surface area contributed by atoms with Crippen molar-refractivity contribution < 1.29 is 9.53 Å². The lowest BCUT2D eigenvalue weighted by atomic mass is 9.87. The molecule has 1 N–H and O–H groups in total. The maximum absolute atomic E-state index is 13.1. The van der Waals surface area contributed by atoms with Gasteiger partial charge >= 0.3 is 0 Å². The normalized spacial score (nSPS) is 12.0. The molecule has 1 atom stereocenters. The van der Waals surface area contributed by atoms with E-state index in [-0.39, 0.29) is 18.2 Å². The smallest absolute Gasteiger partial charge is 0.225 e. The van der Waals surface area contributed by atoms with Crippen molar-refractivity contribution in [3.05, 3.63) is 95.1 Å². The molecule has 1 unspecified atom stereocenters. The van der Waals surface area contributed by atoms with Gasteiger partial charge in [0, 0.05) is 52.8 Å². The van der Waals surface area contributed by atoms with Crippen LogP contribution in [0.5, 0.6) is 5.75 Å². The number of aryl methyl sites for hydroxylation is 1. The van der Waals surface area contributed by atoms with Gasteiger partial charge in [-0.05, 0) is 42.8 Å². The number of halogens is 1. The number of hydrogen-bond donors (Lipinski definition) is 1. The van der Waals surface area contributed by atoms with E-state index in [1.165, 1.54) is 0 Å². The molecule has 4 aromatic rings. The predicted octanol–water partition coefficient (Wildman–Crippen LogP) is 6.39. The zero-order chi connectivity index (χ0) is 21.8. The van der Waals surface area contributed by atoms with E-state index in [0.29, 0.717) is 17.3 Å². The van der Waals surface area contributed by atoms with Gasteiger partial charge in [-0.25, -0.2) is 0 Å². The molecule has 5 heteroatoms. The summed E-state index contributed by atoms with van der Waals surface area (Å²) in [5.41, 5.74) is 3.92. The Labute approximate surface area is 187 Å². The monoisotopic (exact) mass is 432 g/mol. The highest BCUT2D eigenvalue weighted by Gasteiger charge is 2.25. The van der Waals surface area contributed by atoms with Crippen molar-refractivity contribution in [3.63, 3.8) is 0 Å². The summed E-state index contributed by atoms with van der Waals surface area (Å²) in [6.07, 6.45) is 2.40. The summed E-state index contributed by atoms with van der Waals surface area (Å²) in [6, 6.07) is 23.4. The Balaban J connectivity index is 1.75. The summed E-state index contributed by atoms with van der Waals surface area (Å²) >= 11 is 6.08. The van der Waals surface area contributed by atoms with Crippen LogP contribution in [0.15, 0.2) is 79.0 Å². The minimum absolute atomic E-state index is 0.0773. The topological polar surface area (TPSA) is 43.3 Å². The maximum atomic E-state index is 13.1. The molecule has 0 aliphatic rings. The molecule has 3 aromatic carbocycles. The fraction of sp³-hybridized carbons (Fsp3) is 0.192. The molecule has 0 saturated heterocycles. The van der Waals surface area contributed by atoms with Gasteiger partial charge in [0.05, 0.1) is 6.61 Å². The van der Waals surface area contributed by atoms with Crippen LogP contribution in [0.4, 0.5) is 5.69 Å². The zero-order valence-corrected chi connectivity index (χ0v) is 18.4. The minimum atomic E-state index is -0.159. The van der Waals surface area contributed by atoms with Crippen molar-refractivity contribution in [1.29, 1.82) is 0 Å². The molecule has 0 aliphatic heterocycles. The number of nitrogens with zero attached hydrogens (tertiary/aromatic N) is 1. The number of benzene rings is 3. The average molecular weight is 433 g/mol. The highest BCUT2D eigenvalue weighted by molar-refractivity contribution is 6.30. The van der Waals surface area contributed by atoms with E-state index >= 15 is 0 Å². The van der Waals surface area contributed by atoms with Gasteiger partial charge < -0.3 is 14.6 Å². The Hall–Kier alpha value is -3.24. The first-order chi connectivity index (χ1) is 15.1. The standard InChI is InChI=1S/C26H25ClN2O2/c1-3-31-25-14-7-5-12-21(25)22(16-26(30)28-19-10-8-9-18(27)15-19)23-17-29(2)24-13-6-4-11-20(23)24/h4-15,17,22H,3,16H2,1-2H3,(H,28,30). The predicted molar refractivity (Wildman–Crippen MR) is 127 cm³/mol. The van der Waals surface area contributed by atoms with E-state index in [0.717, 1.165) is 27.8 Å². The molecular weight excluding hydrogens is 408 g/mol. The third-order valence-corrected chi connectivity index (χ3v) is 5.63. The number of fused-ring (bicyclic) bond motifs is 1. The first-order valence-corrected chi connectivity index (χ1v) is 10.8. The van der Waals surface area contributed by atoms with Crippen LogP contribution in [-0.4, -0.2) is 17.1 Å². The summed E-state index contributed by atoms with van der Waals surface area (Å²) in [6.45, 7) is 2.53. The SMILES string of the molecule is CCOc1ccccc1C(CC(=O)Nc1cccc(Cl)c1)c1cn(C)c2ccccc12. The van der Waals surface area contributed by atoms with Gasteiger partial charge in [-0.2, -0.15) is 0 Å². The minimum Gasteiger partial charge on any atom is -0.494 e. The van der Waals surface area contributed by atoms with Crippen LogP contribution in [-0.2, 0) is 11.8 Å². The van der Waals surface area contributed by atoms with Crippen LogP contribution in [0.3, 0.4) is 0 Å². The molecule has 158 valence electrons. The number of carbonyl (C=O) groups is 1. The fourth-order valence-electron chi connectivity index (χ4n) is 4.06. The van der Waals surface area contributed by atoms with Gasteiger partial charge in [0.25, 0.3) is 0 Å². The molecule has 0 saturated carbocycles. The number of rotatable bonds is 7. The highest BCUT2D eigenvalue weighted by Crippen LogP contribution is 2.38. The lowest BCUT2D eigenvalue weighted by molar-refractivity contribution is -0.116. The second-order valence-electron chi connectivity index (χ2n) is 7.50. The zero-order valence-electron chi connectivity index (χ0n) is 17.6. The summed E-state index contributed by atoms with van der Waals surface area (Å²) in [4.78, 5) is 13.1. The molecule has 1 heterocycles. The molecule has 4 rings (SSSR count). The Kier molecular flexibility index (Phi) is 6.28. The van der Waals surface area contributed by atoms with E-state index in [2.05, 4.69) is 28.2 Å². The van der Waals surface area contributed by atoms with Crippen LogP contribution in [0, 0.1) is 0 Å². The van der Waals surface area contributed by atoms with Crippen molar-refractivity contribution >= 4 is 34.1 Å². The van der Waals surface area contributed by atoms with Gasteiger partial charge in [-0.15, -0.1) is 0 Å².